The first kappa shape index (κ1) is 11.4. The molecule has 0 saturated heterocycles. The molecule has 0 fully saturated rings. The van der Waals surface area contributed by atoms with Crippen LogP contribution in [0.15, 0.2) is 18.6 Å². The number of rotatable bonds is 4. The molecular weight excluding hydrogens is 216 g/mol. The van der Waals surface area contributed by atoms with Crippen molar-refractivity contribution in [2.24, 2.45) is 7.05 Å². The third-order valence-corrected chi connectivity index (χ3v) is 2.61. The van der Waals surface area contributed by atoms with Crippen molar-refractivity contribution < 1.29 is 0 Å². The molecule has 0 unspecified atom stereocenters. The van der Waals surface area contributed by atoms with Crippen LogP contribution in [0.1, 0.15) is 11.4 Å². The molecule has 6 heteroatoms. The molecule has 0 spiro atoms. The summed E-state index contributed by atoms with van der Waals surface area (Å²) in [6.07, 6.45) is 4.17. The van der Waals surface area contributed by atoms with Crippen molar-refractivity contribution in [2.75, 3.05) is 17.6 Å². The number of aromatic nitrogens is 4. The second kappa shape index (κ2) is 4.82. The minimum atomic E-state index is 0.712. The van der Waals surface area contributed by atoms with Gasteiger partial charge in [0.1, 0.15) is 18.0 Å². The molecule has 0 aliphatic rings. The van der Waals surface area contributed by atoms with Gasteiger partial charge in [0.15, 0.2) is 0 Å². The number of nitrogen functional groups attached to an aromatic ring is 1. The summed E-state index contributed by atoms with van der Waals surface area (Å²) in [5.41, 5.74) is 7.44. The van der Waals surface area contributed by atoms with Gasteiger partial charge in [0.05, 0.1) is 11.9 Å². The van der Waals surface area contributed by atoms with E-state index in [4.69, 9.17) is 5.73 Å². The lowest BCUT2D eigenvalue weighted by Gasteiger charge is -2.07. The van der Waals surface area contributed by atoms with Crippen LogP contribution >= 0.6 is 0 Å². The second-order valence-corrected chi connectivity index (χ2v) is 3.96. The van der Waals surface area contributed by atoms with E-state index in [1.54, 1.807) is 12.5 Å². The minimum absolute atomic E-state index is 0.712. The van der Waals surface area contributed by atoms with E-state index in [-0.39, 0.29) is 0 Å². The van der Waals surface area contributed by atoms with Gasteiger partial charge in [0.25, 0.3) is 0 Å². The zero-order valence-corrected chi connectivity index (χ0v) is 10.0. The molecule has 0 radical (unpaired) electrons. The molecule has 0 saturated carbocycles. The van der Waals surface area contributed by atoms with Crippen LogP contribution in [-0.2, 0) is 13.5 Å². The number of nitrogens with one attached hydrogen (secondary N) is 1. The van der Waals surface area contributed by atoms with E-state index < -0.39 is 0 Å². The van der Waals surface area contributed by atoms with Crippen molar-refractivity contribution in [3.8, 4) is 0 Å². The summed E-state index contributed by atoms with van der Waals surface area (Å²) in [5, 5.41) is 11.1. The number of pyridine rings is 1. The summed E-state index contributed by atoms with van der Waals surface area (Å²) in [4.78, 5) is 4.20. The third-order valence-electron chi connectivity index (χ3n) is 2.61. The van der Waals surface area contributed by atoms with Gasteiger partial charge < -0.3 is 15.6 Å². The van der Waals surface area contributed by atoms with Crippen molar-refractivity contribution in [2.45, 2.75) is 13.3 Å². The molecule has 17 heavy (non-hydrogen) atoms. The van der Waals surface area contributed by atoms with E-state index >= 15 is 0 Å². The lowest BCUT2D eigenvalue weighted by molar-refractivity contribution is 0.787. The molecule has 2 aromatic heterocycles. The molecular formula is C11H16N6. The zero-order valence-electron chi connectivity index (χ0n) is 10.0. The van der Waals surface area contributed by atoms with E-state index in [1.807, 2.05) is 24.6 Å². The molecule has 0 bridgehead atoms. The highest BCUT2D eigenvalue weighted by Gasteiger charge is 2.01. The van der Waals surface area contributed by atoms with Crippen LogP contribution in [0.3, 0.4) is 0 Å². The van der Waals surface area contributed by atoms with Gasteiger partial charge in [-0.2, -0.15) is 0 Å². The Balaban J connectivity index is 1.90. The Hall–Kier alpha value is -2.11. The molecule has 2 rings (SSSR count). The average Bonchev–Trinajstić information content (AvgIpc) is 2.70. The fourth-order valence-corrected chi connectivity index (χ4v) is 1.50. The summed E-state index contributed by atoms with van der Waals surface area (Å²) >= 11 is 0. The fraction of sp³-hybridized carbons (Fsp3) is 0.364. The maximum absolute atomic E-state index is 5.70. The van der Waals surface area contributed by atoms with E-state index in [2.05, 4.69) is 20.5 Å². The van der Waals surface area contributed by atoms with Crippen molar-refractivity contribution >= 4 is 11.5 Å². The largest absolute Gasteiger partial charge is 0.397 e. The monoisotopic (exact) mass is 232 g/mol. The van der Waals surface area contributed by atoms with Gasteiger partial charge in [0, 0.05) is 20.0 Å². The summed E-state index contributed by atoms with van der Waals surface area (Å²) in [5.74, 6) is 1.78. The normalized spacial score (nSPS) is 10.5. The van der Waals surface area contributed by atoms with E-state index in [1.165, 1.54) is 0 Å². The number of nitrogens with zero attached hydrogens (tertiary/aromatic N) is 4. The highest BCUT2D eigenvalue weighted by Crippen LogP contribution is 2.12. The second-order valence-electron chi connectivity index (χ2n) is 3.96. The molecule has 6 nitrogen and oxygen atoms in total. The Morgan fingerprint density at radius 1 is 1.47 bits per heavy atom. The van der Waals surface area contributed by atoms with Gasteiger partial charge in [0.2, 0.25) is 0 Å². The molecule has 0 aromatic carbocycles. The molecule has 90 valence electrons. The minimum Gasteiger partial charge on any atom is -0.397 e. The van der Waals surface area contributed by atoms with Gasteiger partial charge >= 0.3 is 0 Å². The van der Waals surface area contributed by atoms with Crippen LogP contribution in [0, 0.1) is 6.92 Å². The van der Waals surface area contributed by atoms with Gasteiger partial charge in [-0.3, -0.25) is 0 Å². The Labute approximate surface area is 99.9 Å². The van der Waals surface area contributed by atoms with Gasteiger partial charge in [-0.1, -0.05) is 0 Å². The first-order chi connectivity index (χ1) is 8.16. The van der Waals surface area contributed by atoms with Gasteiger partial charge in [-0.15, -0.1) is 10.2 Å². The quantitative estimate of drug-likeness (QED) is 0.813. The summed E-state index contributed by atoms with van der Waals surface area (Å²) in [6, 6.07) is 1.94. The predicted molar refractivity (Wildman–Crippen MR) is 66.6 cm³/mol. The highest BCUT2D eigenvalue weighted by atomic mass is 15.2. The van der Waals surface area contributed by atoms with Gasteiger partial charge in [-0.25, -0.2) is 4.98 Å². The number of aryl methyl sites for hydroxylation is 2. The fourth-order valence-electron chi connectivity index (χ4n) is 1.50. The smallest absolute Gasteiger partial charge is 0.134 e. The summed E-state index contributed by atoms with van der Waals surface area (Å²) in [6.45, 7) is 2.73. The first-order valence-electron chi connectivity index (χ1n) is 5.45. The molecule has 0 atom stereocenters. The highest BCUT2D eigenvalue weighted by molar-refractivity contribution is 5.50. The molecule has 0 aliphatic heterocycles. The van der Waals surface area contributed by atoms with Crippen molar-refractivity contribution in [1.29, 1.82) is 0 Å². The van der Waals surface area contributed by atoms with Crippen molar-refractivity contribution in [3.05, 3.63) is 30.0 Å². The topological polar surface area (TPSA) is 81.7 Å². The van der Waals surface area contributed by atoms with Gasteiger partial charge in [-0.05, 0) is 18.6 Å². The molecule has 0 amide bonds. The van der Waals surface area contributed by atoms with Crippen LogP contribution in [0.2, 0.25) is 0 Å². The van der Waals surface area contributed by atoms with Crippen LogP contribution in [0.4, 0.5) is 11.5 Å². The Bertz CT molecular complexity index is 504. The first-order valence-corrected chi connectivity index (χ1v) is 5.45. The molecule has 2 heterocycles. The van der Waals surface area contributed by atoms with Crippen LogP contribution < -0.4 is 11.1 Å². The van der Waals surface area contributed by atoms with Crippen LogP contribution in [0.5, 0.6) is 0 Å². The van der Waals surface area contributed by atoms with Crippen molar-refractivity contribution in [3.63, 3.8) is 0 Å². The Kier molecular flexibility index (Phi) is 3.22. The zero-order chi connectivity index (χ0) is 12.3. The number of nitrogens with two attached hydrogens (primary N) is 1. The maximum atomic E-state index is 5.70. The maximum Gasteiger partial charge on any atom is 0.134 e. The Morgan fingerprint density at radius 2 is 2.29 bits per heavy atom. The van der Waals surface area contributed by atoms with E-state index in [9.17, 15) is 0 Å². The van der Waals surface area contributed by atoms with Crippen molar-refractivity contribution in [1.82, 2.24) is 19.7 Å². The molecule has 0 aliphatic carbocycles. The lowest BCUT2D eigenvalue weighted by Crippen LogP contribution is -2.10. The predicted octanol–water partition coefficient (Wildman–Crippen LogP) is 0.755. The molecule has 2 aromatic rings. The molecule has 3 N–H and O–H groups in total. The summed E-state index contributed by atoms with van der Waals surface area (Å²) < 4.78 is 1.91. The van der Waals surface area contributed by atoms with E-state index in [0.29, 0.717) is 5.69 Å². The third kappa shape index (κ3) is 2.72. The standard InChI is InChI=1S/C11H16N6/c1-8-5-10(14-6-9(8)12)13-4-3-11-16-15-7-17(11)2/h5-7H,3-4,12H2,1-2H3,(H,13,14). The average molecular weight is 232 g/mol. The van der Waals surface area contributed by atoms with E-state index in [0.717, 1.165) is 30.2 Å². The number of hydrogen-bond donors (Lipinski definition) is 2. The summed E-state index contributed by atoms with van der Waals surface area (Å²) in [7, 11) is 1.93. The Morgan fingerprint density at radius 3 is 2.94 bits per heavy atom. The SMILES string of the molecule is Cc1cc(NCCc2nncn2C)ncc1N. The lowest BCUT2D eigenvalue weighted by atomic mass is 10.2. The van der Waals surface area contributed by atoms with Crippen LogP contribution in [0.25, 0.3) is 0 Å². The number of hydrogen-bond acceptors (Lipinski definition) is 5. The van der Waals surface area contributed by atoms with Crippen LogP contribution in [-0.4, -0.2) is 26.3 Å². The number of anilines is 2.